The molecule has 0 spiro atoms. The summed E-state index contributed by atoms with van der Waals surface area (Å²) in [5.74, 6) is 0.894. The highest BCUT2D eigenvalue weighted by Gasteiger charge is 1.93. The Morgan fingerprint density at radius 3 is 2.62 bits per heavy atom. The second-order valence-corrected chi connectivity index (χ2v) is 4.62. The van der Waals surface area contributed by atoms with E-state index in [2.05, 4.69) is 0 Å². The summed E-state index contributed by atoms with van der Waals surface area (Å²) in [7, 11) is 0. The first-order valence-corrected chi connectivity index (χ1v) is 6.20. The molecule has 0 saturated carbocycles. The molecule has 0 saturated heterocycles. The van der Waals surface area contributed by atoms with Gasteiger partial charge in [0.1, 0.15) is 5.78 Å². The minimum Gasteiger partial charge on any atom is -0.396 e. The Balaban J connectivity index is 2.50. The molecule has 16 heavy (non-hydrogen) atoms. The van der Waals surface area contributed by atoms with E-state index in [1.165, 1.54) is 0 Å². The van der Waals surface area contributed by atoms with E-state index in [1.807, 2.05) is 36.4 Å². The third-order valence-electron chi connectivity index (χ3n) is 1.96. The highest BCUT2D eigenvalue weighted by molar-refractivity contribution is 7.99. The van der Waals surface area contributed by atoms with Crippen LogP contribution in [0, 0.1) is 0 Å². The number of benzene rings is 1. The van der Waals surface area contributed by atoms with Gasteiger partial charge in [-0.15, -0.1) is 11.8 Å². The average Bonchev–Trinajstić information content (AvgIpc) is 2.27. The lowest BCUT2D eigenvalue weighted by atomic mass is 10.2. The molecule has 0 aromatic heterocycles. The number of hydrogen-bond acceptors (Lipinski definition) is 3. The third-order valence-corrected chi connectivity index (χ3v) is 2.95. The first-order valence-electron chi connectivity index (χ1n) is 5.22. The van der Waals surface area contributed by atoms with E-state index in [4.69, 9.17) is 5.11 Å². The summed E-state index contributed by atoms with van der Waals surface area (Å²) < 4.78 is 0. The molecule has 2 nitrogen and oxygen atoms in total. The molecule has 0 fully saturated rings. The smallest absolute Gasteiger partial charge is 0.133 e. The Morgan fingerprint density at radius 2 is 2.06 bits per heavy atom. The Morgan fingerprint density at radius 1 is 1.38 bits per heavy atom. The molecule has 0 bridgehead atoms. The van der Waals surface area contributed by atoms with Gasteiger partial charge in [-0.1, -0.05) is 24.3 Å². The molecule has 0 unspecified atom stereocenters. The summed E-state index contributed by atoms with van der Waals surface area (Å²) in [6.07, 6.45) is 4.31. The normalized spacial score (nSPS) is 10.9. The maximum absolute atomic E-state index is 10.7. The van der Waals surface area contributed by atoms with Crippen LogP contribution >= 0.6 is 11.8 Å². The Kier molecular flexibility index (Phi) is 5.90. The number of Topliss-reactive ketones (excluding diaryl/α,β-unsaturated/α-hetero) is 1. The molecular formula is C13H16O2S. The fourth-order valence-corrected chi connectivity index (χ4v) is 1.86. The first-order chi connectivity index (χ1) is 7.72. The summed E-state index contributed by atoms with van der Waals surface area (Å²) in [5.41, 5.74) is 1.09. The number of ketones is 1. The molecule has 1 N–H and O–H groups in total. The summed E-state index contributed by atoms with van der Waals surface area (Å²) in [6, 6.07) is 8.06. The van der Waals surface area contributed by atoms with Crippen molar-refractivity contribution in [1.82, 2.24) is 0 Å². The summed E-state index contributed by atoms with van der Waals surface area (Å²) in [4.78, 5) is 11.9. The number of carbonyl (C=O) groups excluding carboxylic acids is 1. The number of carbonyl (C=O) groups is 1. The Labute approximate surface area is 100 Å². The van der Waals surface area contributed by atoms with Crippen molar-refractivity contribution in [3.05, 3.63) is 35.9 Å². The predicted octanol–water partition coefficient (Wildman–Crippen LogP) is 2.76. The van der Waals surface area contributed by atoms with E-state index in [0.29, 0.717) is 6.42 Å². The van der Waals surface area contributed by atoms with E-state index in [-0.39, 0.29) is 12.4 Å². The van der Waals surface area contributed by atoms with Crippen LogP contribution in [0.5, 0.6) is 0 Å². The van der Waals surface area contributed by atoms with Crippen LogP contribution in [0.25, 0.3) is 6.08 Å². The zero-order valence-corrected chi connectivity index (χ0v) is 10.2. The van der Waals surface area contributed by atoms with Crippen molar-refractivity contribution in [1.29, 1.82) is 0 Å². The van der Waals surface area contributed by atoms with Gasteiger partial charge in [0.2, 0.25) is 0 Å². The zero-order valence-electron chi connectivity index (χ0n) is 9.35. The van der Waals surface area contributed by atoms with Gasteiger partial charge >= 0.3 is 0 Å². The predicted molar refractivity (Wildman–Crippen MR) is 68.6 cm³/mol. The molecule has 0 aliphatic carbocycles. The van der Waals surface area contributed by atoms with Crippen molar-refractivity contribution in [2.75, 3.05) is 12.4 Å². The molecule has 3 heteroatoms. The quantitative estimate of drug-likeness (QED) is 0.772. The highest BCUT2D eigenvalue weighted by atomic mass is 32.2. The zero-order chi connectivity index (χ0) is 11.8. The molecule has 0 heterocycles. The van der Waals surface area contributed by atoms with Crippen LogP contribution in [0.15, 0.2) is 35.2 Å². The van der Waals surface area contributed by atoms with Crippen molar-refractivity contribution < 1.29 is 9.90 Å². The van der Waals surface area contributed by atoms with E-state index in [1.54, 1.807) is 18.7 Å². The lowest BCUT2D eigenvalue weighted by molar-refractivity contribution is -0.116. The number of rotatable bonds is 6. The number of aliphatic hydroxyl groups excluding tert-OH is 1. The SMILES string of the molecule is CC(=O)CC=Cc1ccc(SCCO)cc1. The second kappa shape index (κ2) is 7.25. The lowest BCUT2D eigenvalue weighted by Gasteiger charge is -1.99. The van der Waals surface area contributed by atoms with Gasteiger partial charge in [0.25, 0.3) is 0 Å². The molecule has 1 aromatic carbocycles. The molecule has 0 aliphatic heterocycles. The maximum Gasteiger partial charge on any atom is 0.133 e. The number of thioether (sulfide) groups is 1. The van der Waals surface area contributed by atoms with Gasteiger partial charge in [-0.25, -0.2) is 0 Å². The van der Waals surface area contributed by atoms with Crippen molar-refractivity contribution in [3.63, 3.8) is 0 Å². The Bertz CT molecular complexity index is 355. The monoisotopic (exact) mass is 236 g/mol. The molecular weight excluding hydrogens is 220 g/mol. The van der Waals surface area contributed by atoms with Crippen LogP contribution in [0.1, 0.15) is 18.9 Å². The molecule has 1 aromatic rings. The number of aliphatic hydroxyl groups is 1. The molecule has 1 rings (SSSR count). The fourth-order valence-electron chi connectivity index (χ4n) is 1.20. The van der Waals surface area contributed by atoms with Crippen LogP contribution in [-0.4, -0.2) is 23.2 Å². The first kappa shape index (κ1) is 13.0. The summed E-state index contributed by atoms with van der Waals surface area (Å²) >= 11 is 1.63. The van der Waals surface area contributed by atoms with Gasteiger partial charge in [0, 0.05) is 17.1 Å². The van der Waals surface area contributed by atoms with Crippen LogP contribution in [0.2, 0.25) is 0 Å². The van der Waals surface area contributed by atoms with Crippen molar-refractivity contribution in [2.45, 2.75) is 18.2 Å². The topological polar surface area (TPSA) is 37.3 Å². The van der Waals surface area contributed by atoms with E-state index in [0.717, 1.165) is 16.2 Å². The van der Waals surface area contributed by atoms with Gasteiger partial charge in [0.05, 0.1) is 6.61 Å². The molecule has 0 amide bonds. The standard InChI is InChI=1S/C13H16O2S/c1-11(15)3-2-4-12-5-7-13(8-6-12)16-10-9-14/h2,4-8,14H,3,9-10H2,1H3. The molecule has 0 radical (unpaired) electrons. The van der Waals surface area contributed by atoms with Crippen LogP contribution in [0.4, 0.5) is 0 Å². The van der Waals surface area contributed by atoms with Gasteiger partial charge in [-0.2, -0.15) is 0 Å². The van der Waals surface area contributed by atoms with Crippen molar-refractivity contribution >= 4 is 23.6 Å². The lowest BCUT2D eigenvalue weighted by Crippen LogP contribution is -1.85. The molecule has 0 aliphatic rings. The Hall–Kier alpha value is -1.06. The maximum atomic E-state index is 10.7. The van der Waals surface area contributed by atoms with Crippen LogP contribution in [-0.2, 0) is 4.79 Å². The fraction of sp³-hybridized carbons (Fsp3) is 0.308. The van der Waals surface area contributed by atoms with E-state index >= 15 is 0 Å². The van der Waals surface area contributed by atoms with Crippen LogP contribution < -0.4 is 0 Å². The second-order valence-electron chi connectivity index (χ2n) is 3.45. The minimum atomic E-state index is 0.173. The van der Waals surface area contributed by atoms with Gasteiger partial charge in [-0.3, -0.25) is 4.79 Å². The number of allylic oxidation sites excluding steroid dienone is 1. The van der Waals surface area contributed by atoms with E-state index < -0.39 is 0 Å². The van der Waals surface area contributed by atoms with Gasteiger partial charge < -0.3 is 5.11 Å². The van der Waals surface area contributed by atoms with Gasteiger partial charge in [-0.05, 0) is 24.6 Å². The third kappa shape index (κ3) is 5.14. The minimum absolute atomic E-state index is 0.173. The summed E-state index contributed by atoms with van der Waals surface area (Å²) in [6.45, 7) is 1.78. The molecule has 86 valence electrons. The van der Waals surface area contributed by atoms with Gasteiger partial charge in [0.15, 0.2) is 0 Å². The van der Waals surface area contributed by atoms with Crippen molar-refractivity contribution in [3.8, 4) is 0 Å². The van der Waals surface area contributed by atoms with Crippen molar-refractivity contribution in [2.24, 2.45) is 0 Å². The van der Waals surface area contributed by atoms with E-state index in [9.17, 15) is 4.79 Å². The number of hydrogen-bond donors (Lipinski definition) is 1. The highest BCUT2D eigenvalue weighted by Crippen LogP contribution is 2.18. The summed E-state index contributed by atoms with van der Waals surface area (Å²) in [5, 5.41) is 8.69. The average molecular weight is 236 g/mol. The van der Waals surface area contributed by atoms with Crippen LogP contribution in [0.3, 0.4) is 0 Å². The largest absolute Gasteiger partial charge is 0.396 e. The molecule has 0 atom stereocenters.